The molecule has 0 fully saturated rings. The first kappa shape index (κ1) is 10.4. The monoisotopic (exact) mass is 204 g/mol. The van der Waals surface area contributed by atoms with Crippen LogP contribution in [0.2, 0.25) is 0 Å². The largest absolute Gasteiger partial charge is 0.358 e. The number of hydrogen-bond acceptors (Lipinski definition) is 2. The van der Waals surface area contributed by atoms with Crippen LogP contribution in [0.3, 0.4) is 0 Å². The van der Waals surface area contributed by atoms with Crippen molar-refractivity contribution in [3.05, 3.63) is 29.8 Å². The Morgan fingerprint density at radius 3 is 2.85 bits per heavy atom. The lowest BCUT2D eigenvalue weighted by Gasteiger charge is -2.08. The highest BCUT2D eigenvalue weighted by Gasteiger charge is 2.20. The van der Waals surface area contributed by atoms with E-state index in [0.29, 0.717) is 5.56 Å². The van der Waals surface area contributed by atoms with E-state index in [-0.39, 0.29) is 5.30 Å². The second-order valence-corrected chi connectivity index (χ2v) is 4.43. The van der Waals surface area contributed by atoms with Gasteiger partial charge in [0.2, 0.25) is 0 Å². The standard InChI is InChI=1S/C8H10FO3P/c1-12-13(10,11)8-4-2-3-7(5-8)6-9/h2-5H,6H2,1H3,(H,10,11). The molecule has 0 saturated heterocycles. The molecule has 0 aliphatic carbocycles. The van der Waals surface area contributed by atoms with Gasteiger partial charge in [-0.2, -0.15) is 0 Å². The molecule has 0 aliphatic heterocycles. The molecule has 0 heterocycles. The fourth-order valence-corrected chi connectivity index (χ4v) is 1.73. The van der Waals surface area contributed by atoms with Crippen molar-refractivity contribution in [2.24, 2.45) is 0 Å². The van der Waals surface area contributed by atoms with Crippen LogP contribution in [0.25, 0.3) is 0 Å². The molecule has 1 unspecified atom stereocenters. The Kier molecular flexibility index (Phi) is 3.20. The summed E-state index contributed by atoms with van der Waals surface area (Å²) in [5, 5.41) is 0.116. The number of alkyl halides is 1. The number of benzene rings is 1. The fourth-order valence-electron chi connectivity index (χ4n) is 0.921. The summed E-state index contributed by atoms with van der Waals surface area (Å²) in [7, 11) is -2.59. The van der Waals surface area contributed by atoms with Crippen LogP contribution in [-0.4, -0.2) is 12.0 Å². The van der Waals surface area contributed by atoms with E-state index in [0.717, 1.165) is 7.11 Å². The van der Waals surface area contributed by atoms with Crippen molar-refractivity contribution in [2.75, 3.05) is 7.11 Å². The van der Waals surface area contributed by atoms with Gasteiger partial charge in [-0.3, -0.25) is 4.57 Å². The first-order chi connectivity index (χ1) is 6.10. The van der Waals surface area contributed by atoms with Crippen molar-refractivity contribution >= 4 is 12.9 Å². The molecule has 0 amide bonds. The molecule has 0 radical (unpaired) electrons. The Balaban J connectivity index is 3.09. The summed E-state index contributed by atoms with van der Waals surface area (Å²) in [5.41, 5.74) is 0.365. The molecule has 0 aromatic heterocycles. The molecule has 0 spiro atoms. The Labute approximate surface area is 75.7 Å². The van der Waals surface area contributed by atoms with Crippen LogP contribution in [0.5, 0.6) is 0 Å². The van der Waals surface area contributed by atoms with Gasteiger partial charge in [0.15, 0.2) is 0 Å². The Bertz CT molecular complexity index is 340. The predicted octanol–water partition coefficient (Wildman–Crippen LogP) is 1.61. The van der Waals surface area contributed by atoms with Crippen molar-refractivity contribution in [2.45, 2.75) is 6.67 Å². The van der Waals surface area contributed by atoms with E-state index < -0.39 is 14.3 Å². The molecule has 0 bridgehead atoms. The number of hydrogen-bond donors (Lipinski definition) is 1. The van der Waals surface area contributed by atoms with Gasteiger partial charge >= 0.3 is 7.60 Å². The van der Waals surface area contributed by atoms with Crippen LogP contribution in [0.4, 0.5) is 4.39 Å². The lowest BCUT2D eigenvalue weighted by molar-refractivity contribution is 0.328. The summed E-state index contributed by atoms with van der Waals surface area (Å²) in [6.45, 7) is -0.655. The van der Waals surface area contributed by atoms with Crippen LogP contribution in [0.1, 0.15) is 5.56 Å². The Hall–Kier alpha value is -0.700. The third-order valence-electron chi connectivity index (χ3n) is 1.64. The van der Waals surface area contributed by atoms with Crippen molar-refractivity contribution in [3.8, 4) is 0 Å². The van der Waals surface area contributed by atoms with E-state index >= 15 is 0 Å². The second kappa shape index (κ2) is 4.01. The molecule has 13 heavy (non-hydrogen) atoms. The minimum Gasteiger partial charge on any atom is -0.321 e. The summed E-state index contributed by atoms with van der Waals surface area (Å²) in [6, 6.07) is 5.82. The summed E-state index contributed by atoms with van der Waals surface area (Å²) >= 11 is 0. The van der Waals surface area contributed by atoms with E-state index in [2.05, 4.69) is 4.52 Å². The molecule has 1 aromatic carbocycles. The molecule has 0 aliphatic rings. The lowest BCUT2D eigenvalue weighted by Crippen LogP contribution is -2.05. The van der Waals surface area contributed by atoms with Crippen molar-refractivity contribution in [3.63, 3.8) is 0 Å². The third-order valence-corrected chi connectivity index (χ3v) is 3.06. The van der Waals surface area contributed by atoms with Crippen LogP contribution in [0.15, 0.2) is 24.3 Å². The van der Waals surface area contributed by atoms with Gasteiger partial charge in [-0.15, -0.1) is 0 Å². The second-order valence-electron chi connectivity index (χ2n) is 2.51. The first-order valence-electron chi connectivity index (χ1n) is 3.64. The molecule has 72 valence electrons. The zero-order valence-electron chi connectivity index (χ0n) is 7.11. The van der Waals surface area contributed by atoms with E-state index in [1.165, 1.54) is 18.2 Å². The van der Waals surface area contributed by atoms with Gasteiger partial charge in [0.1, 0.15) is 6.67 Å². The average molecular weight is 204 g/mol. The third kappa shape index (κ3) is 2.37. The highest BCUT2D eigenvalue weighted by Crippen LogP contribution is 2.39. The maximum absolute atomic E-state index is 12.2. The van der Waals surface area contributed by atoms with E-state index in [4.69, 9.17) is 0 Å². The molecule has 5 heteroatoms. The van der Waals surface area contributed by atoms with E-state index in [9.17, 15) is 13.8 Å². The van der Waals surface area contributed by atoms with Crippen LogP contribution >= 0.6 is 7.60 Å². The predicted molar refractivity (Wildman–Crippen MR) is 47.7 cm³/mol. The Morgan fingerprint density at radius 2 is 2.31 bits per heavy atom. The van der Waals surface area contributed by atoms with E-state index in [1.807, 2.05) is 0 Å². The summed E-state index contributed by atoms with van der Waals surface area (Å²) < 4.78 is 27.9. The van der Waals surface area contributed by atoms with Gasteiger partial charge in [-0.25, -0.2) is 4.39 Å². The smallest absolute Gasteiger partial charge is 0.321 e. The van der Waals surface area contributed by atoms with Crippen LogP contribution < -0.4 is 5.30 Å². The quantitative estimate of drug-likeness (QED) is 0.761. The van der Waals surface area contributed by atoms with Gasteiger partial charge in [0, 0.05) is 7.11 Å². The first-order valence-corrected chi connectivity index (χ1v) is 5.22. The maximum Gasteiger partial charge on any atom is 0.358 e. The molecular weight excluding hydrogens is 194 g/mol. The van der Waals surface area contributed by atoms with Gasteiger partial charge in [-0.1, -0.05) is 12.1 Å². The summed E-state index contributed by atoms with van der Waals surface area (Å²) in [5.74, 6) is 0. The Morgan fingerprint density at radius 1 is 1.62 bits per heavy atom. The fraction of sp³-hybridized carbons (Fsp3) is 0.250. The minimum atomic E-state index is -3.73. The van der Waals surface area contributed by atoms with Gasteiger partial charge < -0.3 is 9.42 Å². The molecule has 3 nitrogen and oxygen atoms in total. The van der Waals surface area contributed by atoms with Crippen molar-refractivity contribution in [1.29, 1.82) is 0 Å². The average Bonchev–Trinajstić information content (AvgIpc) is 2.18. The molecule has 1 rings (SSSR count). The zero-order valence-corrected chi connectivity index (χ0v) is 8.00. The van der Waals surface area contributed by atoms with Crippen molar-refractivity contribution < 1.29 is 18.4 Å². The SMILES string of the molecule is COP(=O)(O)c1cccc(CF)c1. The zero-order chi connectivity index (χ0) is 9.90. The number of halogens is 1. The highest BCUT2D eigenvalue weighted by atomic mass is 31.2. The summed E-state index contributed by atoms with van der Waals surface area (Å²) in [6.07, 6.45) is 0. The van der Waals surface area contributed by atoms with Crippen LogP contribution in [-0.2, 0) is 15.8 Å². The number of rotatable bonds is 3. The van der Waals surface area contributed by atoms with Crippen molar-refractivity contribution in [1.82, 2.24) is 0 Å². The van der Waals surface area contributed by atoms with Crippen LogP contribution in [0, 0.1) is 0 Å². The molecule has 0 saturated carbocycles. The molecular formula is C8H10FO3P. The minimum absolute atomic E-state index is 0.116. The normalized spacial score (nSPS) is 15.3. The van der Waals surface area contributed by atoms with Gasteiger partial charge in [0.25, 0.3) is 0 Å². The molecule has 1 N–H and O–H groups in total. The highest BCUT2D eigenvalue weighted by molar-refractivity contribution is 7.61. The van der Waals surface area contributed by atoms with E-state index in [1.54, 1.807) is 6.07 Å². The molecule has 1 atom stereocenters. The van der Waals surface area contributed by atoms with Gasteiger partial charge in [0.05, 0.1) is 5.30 Å². The summed E-state index contributed by atoms with van der Waals surface area (Å²) in [4.78, 5) is 9.23. The topological polar surface area (TPSA) is 46.5 Å². The maximum atomic E-state index is 12.2. The lowest BCUT2D eigenvalue weighted by atomic mass is 10.2. The van der Waals surface area contributed by atoms with Gasteiger partial charge in [-0.05, 0) is 17.7 Å². The molecule has 1 aromatic rings.